The number of aryl methyl sites for hydroxylation is 1. The van der Waals surface area contributed by atoms with Crippen molar-refractivity contribution >= 4 is 5.70 Å². The van der Waals surface area contributed by atoms with Crippen LogP contribution in [0.3, 0.4) is 0 Å². The highest BCUT2D eigenvalue weighted by Gasteiger charge is 2.43. The molecular formula is C28H46N2. The summed E-state index contributed by atoms with van der Waals surface area (Å²) in [4.78, 5) is 7.33. The summed E-state index contributed by atoms with van der Waals surface area (Å²) in [6.45, 7) is 21.0. The van der Waals surface area contributed by atoms with Gasteiger partial charge in [0.25, 0.3) is 0 Å². The molecule has 2 heteroatoms. The molecule has 1 aliphatic heterocycles. The second-order valence-corrected chi connectivity index (χ2v) is 11.2. The highest BCUT2D eigenvalue weighted by atomic mass is 15.1. The van der Waals surface area contributed by atoms with Crippen molar-refractivity contribution in [3.8, 4) is 0 Å². The molecule has 1 saturated carbocycles. The molecule has 1 aromatic rings. The van der Waals surface area contributed by atoms with Crippen molar-refractivity contribution in [2.24, 2.45) is 29.1 Å². The first-order valence-electron chi connectivity index (χ1n) is 12.6. The Labute approximate surface area is 186 Å². The largest absolute Gasteiger partial charge is 0.371 e. The summed E-state index contributed by atoms with van der Waals surface area (Å²) in [5, 5.41) is 0. The summed E-state index contributed by atoms with van der Waals surface area (Å²) < 4.78 is 0. The number of rotatable bonds is 6. The molecule has 0 N–H and O–H groups in total. The van der Waals surface area contributed by atoms with E-state index >= 15 is 0 Å². The van der Waals surface area contributed by atoms with Crippen LogP contribution in [-0.4, -0.2) is 23.0 Å². The minimum atomic E-state index is 0.550. The van der Waals surface area contributed by atoms with E-state index in [2.05, 4.69) is 65.3 Å². The van der Waals surface area contributed by atoms with Gasteiger partial charge in [0.2, 0.25) is 0 Å². The fraction of sp³-hybridized carbons (Fsp3) is 0.750. The van der Waals surface area contributed by atoms with E-state index in [-0.39, 0.29) is 0 Å². The number of aromatic nitrogens is 1. The van der Waals surface area contributed by atoms with Crippen molar-refractivity contribution in [1.29, 1.82) is 0 Å². The van der Waals surface area contributed by atoms with Crippen LogP contribution >= 0.6 is 0 Å². The first-order chi connectivity index (χ1) is 14.2. The Morgan fingerprint density at radius 1 is 1.23 bits per heavy atom. The lowest BCUT2D eigenvalue weighted by Gasteiger charge is -2.47. The van der Waals surface area contributed by atoms with E-state index in [1.54, 1.807) is 0 Å². The van der Waals surface area contributed by atoms with Crippen LogP contribution < -0.4 is 0 Å². The first-order valence-corrected chi connectivity index (χ1v) is 12.6. The summed E-state index contributed by atoms with van der Waals surface area (Å²) in [6, 6.07) is 2.31. The molecule has 2 nitrogen and oxygen atoms in total. The normalized spacial score (nSPS) is 26.8. The third-order valence-corrected chi connectivity index (χ3v) is 8.18. The summed E-state index contributed by atoms with van der Waals surface area (Å²) >= 11 is 0. The zero-order chi connectivity index (χ0) is 21.9. The van der Waals surface area contributed by atoms with E-state index in [9.17, 15) is 0 Å². The number of likely N-dealkylation sites (tertiary alicyclic amines) is 1. The van der Waals surface area contributed by atoms with Crippen LogP contribution in [0.4, 0.5) is 0 Å². The standard InChI is InChI=1S/C28H46N2/c1-8-9-25-15-21(4)18-28(23(6)17-25)10-12-30(13-11-28)24(7)26-16-22(5)27(29-19-26)14-20(2)3/h16,19-21,23,25H,7-15,17-18H2,1-6H3. The van der Waals surface area contributed by atoms with Crippen molar-refractivity contribution in [2.45, 2.75) is 92.9 Å². The Balaban J connectivity index is 1.66. The Hall–Kier alpha value is -1.31. The van der Waals surface area contributed by atoms with Gasteiger partial charge in [0, 0.05) is 36.2 Å². The van der Waals surface area contributed by atoms with Crippen LogP contribution in [0.1, 0.15) is 96.4 Å². The van der Waals surface area contributed by atoms with Crippen molar-refractivity contribution in [3.63, 3.8) is 0 Å². The number of piperidine rings is 1. The number of pyridine rings is 1. The van der Waals surface area contributed by atoms with Gasteiger partial charge in [-0.1, -0.05) is 54.0 Å². The first kappa shape index (κ1) is 23.4. The quantitative estimate of drug-likeness (QED) is 0.482. The highest BCUT2D eigenvalue weighted by Crippen LogP contribution is 2.51. The third kappa shape index (κ3) is 5.29. The van der Waals surface area contributed by atoms with E-state index in [4.69, 9.17) is 4.98 Å². The Morgan fingerprint density at radius 2 is 1.93 bits per heavy atom. The molecule has 168 valence electrons. The van der Waals surface area contributed by atoms with Gasteiger partial charge >= 0.3 is 0 Å². The van der Waals surface area contributed by atoms with E-state index in [0.29, 0.717) is 11.3 Å². The predicted octanol–water partition coefficient (Wildman–Crippen LogP) is 7.51. The summed E-state index contributed by atoms with van der Waals surface area (Å²) in [5.41, 5.74) is 5.48. The average molecular weight is 411 g/mol. The van der Waals surface area contributed by atoms with Crippen LogP contribution in [0.2, 0.25) is 0 Å². The molecule has 0 bridgehead atoms. The second kappa shape index (κ2) is 9.88. The van der Waals surface area contributed by atoms with E-state index in [0.717, 1.165) is 37.3 Å². The van der Waals surface area contributed by atoms with Crippen LogP contribution in [0.25, 0.3) is 5.70 Å². The molecule has 1 aromatic heterocycles. The average Bonchev–Trinajstić information content (AvgIpc) is 2.79. The van der Waals surface area contributed by atoms with Crippen LogP contribution in [0, 0.1) is 36.0 Å². The van der Waals surface area contributed by atoms with Gasteiger partial charge < -0.3 is 4.90 Å². The number of nitrogens with zero attached hydrogens (tertiary/aromatic N) is 2. The topological polar surface area (TPSA) is 16.1 Å². The smallest absolute Gasteiger partial charge is 0.0435 e. The molecule has 3 atom stereocenters. The molecule has 3 rings (SSSR count). The summed E-state index contributed by atoms with van der Waals surface area (Å²) in [6.07, 6.45) is 12.9. The van der Waals surface area contributed by atoms with E-state index in [1.807, 2.05) is 0 Å². The van der Waals surface area contributed by atoms with Gasteiger partial charge in [-0.25, -0.2) is 0 Å². The fourth-order valence-corrected chi connectivity index (χ4v) is 6.50. The van der Waals surface area contributed by atoms with Crippen LogP contribution in [0.5, 0.6) is 0 Å². The number of hydrogen-bond acceptors (Lipinski definition) is 2. The molecule has 0 amide bonds. The minimum absolute atomic E-state index is 0.550. The molecule has 2 fully saturated rings. The maximum Gasteiger partial charge on any atom is 0.0435 e. The van der Waals surface area contributed by atoms with Crippen molar-refractivity contribution in [1.82, 2.24) is 9.88 Å². The lowest BCUT2D eigenvalue weighted by molar-refractivity contribution is 0.0584. The molecule has 1 spiro atoms. The molecule has 3 unspecified atom stereocenters. The predicted molar refractivity (Wildman–Crippen MR) is 130 cm³/mol. The Bertz CT molecular complexity index is 711. The minimum Gasteiger partial charge on any atom is -0.371 e. The highest BCUT2D eigenvalue weighted by molar-refractivity contribution is 5.62. The SMILES string of the molecule is C=C(c1cnc(CC(C)C)c(C)c1)N1CCC2(CC1)CC(C)CC(CCC)CC2C. The van der Waals surface area contributed by atoms with Gasteiger partial charge in [0.1, 0.15) is 0 Å². The van der Waals surface area contributed by atoms with Gasteiger partial charge in [-0.15, -0.1) is 0 Å². The van der Waals surface area contributed by atoms with E-state index in [1.165, 1.54) is 67.5 Å². The summed E-state index contributed by atoms with van der Waals surface area (Å²) in [7, 11) is 0. The Morgan fingerprint density at radius 3 is 2.53 bits per heavy atom. The van der Waals surface area contributed by atoms with E-state index < -0.39 is 0 Å². The van der Waals surface area contributed by atoms with Crippen molar-refractivity contribution in [3.05, 3.63) is 35.7 Å². The Kier molecular flexibility index (Phi) is 7.69. The van der Waals surface area contributed by atoms with Gasteiger partial charge in [0.15, 0.2) is 0 Å². The summed E-state index contributed by atoms with van der Waals surface area (Å²) in [5.74, 6) is 3.32. The third-order valence-electron chi connectivity index (χ3n) is 8.18. The molecule has 1 saturated heterocycles. The van der Waals surface area contributed by atoms with Gasteiger partial charge in [-0.3, -0.25) is 4.98 Å². The number of hydrogen-bond donors (Lipinski definition) is 0. The molecule has 2 aliphatic rings. The zero-order valence-electron chi connectivity index (χ0n) is 20.6. The van der Waals surface area contributed by atoms with Crippen molar-refractivity contribution in [2.75, 3.05) is 13.1 Å². The lowest BCUT2D eigenvalue weighted by atomic mass is 9.65. The second-order valence-electron chi connectivity index (χ2n) is 11.2. The van der Waals surface area contributed by atoms with Gasteiger partial charge in [-0.2, -0.15) is 0 Å². The maximum absolute atomic E-state index is 4.79. The molecule has 2 heterocycles. The maximum atomic E-state index is 4.79. The molecule has 0 radical (unpaired) electrons. The fourth-order valence-electron chi connectivity index (χ4n) is 6.50. The molecule has 1 aliphatic carbocycles. The van der Waals surface area contributed by atoms with Crippen LogP contribution in [0.15, 0.2) is 18.8 Å². The molecular weight excluding hydrogens is 364 g/mol. The van der Waals surface area contributed by atoms with Crippen LogP contribution in [-0.2, 0) is 6.42 Å². The van der Waals surface area contributed by atoms with Crippen molar-refractivity contribution < 1.29 is 0 Å². The van der Waals surface area contributed by atoms with Gasteiger partial charge in [0.05, 0.1) is 0 Å². The monoisotopic (exact) mass is 410 g/mol. The zero-order valence-corrected chi connectivity index (χ0v) is 20.6. The lowest BCUT2D eigenvalue weighted by Crippen LogP contribution is -2.42. The molecule has 30 heavy (non-hydrogen) atoms. The molecule has 0 aromatic carbocycles. The van der Waals surface area contributed by atoms with Gasteiger partial charge in [-0.05, 0) is 86.2 Å².